The first-order valence-electron chi connectivity index (χ1n) is 19.5. The van der Waals surface area contributed by atoms with E-state index >= 15 is 0 Å². The van der Waals surface area contributed by atoms with E-state index < -0.39 is 0 Å². The molecule has 274 valence electrons. The van der Waals surface area contributed by atoms with Crippen LogP contribution in [0.4, 0.5) is 21.5 Å². The van der Waals surface area contributed by atoms with Crippen LogP contribution in [0.5, 0.6) is 0 Å². The van der Waals surface area contributed by atoms with E-state index in [2.05, 4.69) is 173 Å². The summed E-state index contributed by atoms with van der Waals surface area (Å²) in [4.78, 5) is 2.30. The Morgan fingerprint density at radius 1 is 0.379 bits per heavy atom. The monoisotopic (exact) mass is 746 g/mol. The van der Waals surface area contributed by atoms with Crippen LogP contribution in [-0.4, -0.2) is 4.57 Å². The maximum atomic E-state index is 14.6. The van der Waals surface area contributed by atoms with Gasteiger partial charge in [0.05, 0.1) is 11.0 Å². The lowest BCUT2D eigenvalue weighted by Gasteiger charge is -2.26. The summed E-state index contributed by atoms with van der Waals surface area (Å²) in [5.74, 6) is -0.249. The smallest absolute Gasteiger partial charge is 0.143 e. The summed E-state index contributed by atoms with van der Waals surface area (Å²) in [5, 5.41) is 4.37. The summed E-state index contributed by atoms with van der Waals surface area (Å²) in [5.41, 5.74) is 14.5. The first kappa shape index (κ1) is 33.6. The van der Waals surface area contributed by atoms with Crippen LogP contribution in [0.25, 0.3) is 82.8 Å². The summed E-state index contributed by atoms with van der Waals surface area (Å²) < 4.78 is 23.2. The molecular formula is C54H35FN2O. The third-order valence-electron chi connectivity index (χ3n) is 11.3. The molecular weight excluding hydrogens is 712 g/mol. The van der Waals surface area contributed by atoms with Gasteiger partial charge in [0.1, 0.15) is 17.0 Å². The van der Waals surface area contributed by atoms with Gasteiger partial charge >= 0.3 is 0 Å². The molecule has 0 spiro atoms. The van der Waals surface area contributed by atoms with Gasteiger partial charge in [-0.05, 0) is 107 Å². The maximum Gasteiger partial charge on any atom is 0.143 e. The Morgan fingerprint density at radius 2 is 0.931 bits per heavy atom. The molecule has 0 saturated carbocycles. The van der Waals surface area contributed by atoms with Crippen molar-refractivity contribution in [3.05, 3.63) is 218 Å². The molecule has 0 N–H and O–H groups in total. The third-order valence-corrected chi connectivity index (χ3v) is 11.3. The molecule has 0 radical (unpaired) electrons. The topological polar surface area (TPSA) is 21.3 Å². The van der Waals surface area contributed by atoms with E-state index in [0.717, 1.165) is 88.7 Å². The van der Waals surface area contributed by atoms with Crippen LogP contribution in [-0.2, 0) is 0 Å². The zero-order valence-electron chi connectivity index (χ0n) is 31.4. The number of halogens is 1. The molecule has 4 heteroatoms. The number of hydrogen-bond acceptors (Lipinski definition) is 2. The number of anilines is 3. The lowest BCUT2D eigenvalue weighted by Crippen LogP contribution is -2.09. The van der Waals surface area contributed by atoms with E-state index in [9.17, 15) is 4.39 Å². The summed E-state index contributed by atoms with van der Waals surface area (Å²) in [6.07, 6.45) is 0. The van der Waals surface area contributed by atoms with Crippen LogP contribution >= 0.6 is 0 Å². The van der Waals surface area contributed by atoms with Gasteiger partial charge in [-0.15, -0.1) is 0 Å². The van der Waals surface area contributed by atoms with Gasteiger partial charge in [0, 0.05) is 49.9 Å². The molecule has 0 amide bonds. The molecule has 0 aliphatic heterocycles. The minimum absolute atomic E-state index is 0.249. The fourth-order valence-electron chi connectivity index (χ4n) is 8.49. The van der Waals surface area contributed by atoms with Gasteiger partial charge in [-0.2, -0.15) is 0 Å². The first-order valence-corrected chi connectivity index (χ1v) is 19.5. The van der Waals surface area contributed by atoms with Crippen molar-refractivity contribution in [3.8, 4) is 39.1 Å². The van der Waals surface area contributed by atoms with Crippen molar-refractivity contribution in [2.75, 3.05) is 4.90 Å². The normalized spacial score (nSPS) is 11.5. The fourth-order valence-corrected chi connectivity index (χ4v) is 8.49. The Balaban J connectivity index is 0.976. The van der Waals surface area contributed by atoms with Gasteiger partial charge < -0.3 is 13.9 Å². The minimum Gasteiger partial charge on any atom is -0.455 e. The highest BCUT2D eigenvalue weighted by Crippen LogP contribution is 2.40. The van der Waals surface area contributed by atoms with Crippen LogP contribution in [0, 0.1) is 5.82 Å². The molecule has 2 heterocycles. The van der Waals surface area contributed by atoms with E-state index in [1.807, 2.05) is 36.4 Å². The van der Waals surface area contributed by atoms with Crippen molar-refractivity contribution in [3.63, 3.8) is 0 Å². The molecule has 2 aromatic heterocycles. The van der Waals surface area contributed by atoms with Crippen LogP contribution < -0.4 is 4.90 Å². The molecule has 0 bridgehead atoms. The molecule has 11 aromatic rings. The Hall–Kier alpha value is -7.69. The van der Waals surface area contributed by atoms with Gasteiger partial charge in [0.25, 0.3) is 0 Å². The Bertz CT molecular complexity index is 3270. The molecule has 9 aromatic carbocycles. The minimum atomic E-state index is -0.249. The average molecular weight is 747 g/mol. The Morgan fingerprint density at radius 3 is 1.67 bits per heavy atom. The average Bonchev–Trinajstić information content (AvgIpc) is 3.83. The van der Waals surface area contributed by atoms with E-state index in [1.165, 1.54) is 17.2 Å². The predicted octanol–water partition coefficient (Wildman–Crippen LogP) is 15.3. The molecule has 3 nitrogen and oxygen atoms in total. The number of hydrogen-bond donors (Lipinski definition) is 0. The molecule has 0 fully saturated rings. The Labute approximate surface area is 335 Å². The number of aromatic nitrogens is 1. The molecule has 0 saturated heterocycles. The second kappa shape index (κ2) is 13.8. The molecule has 0 atom stereocenters. The molecule has 0 aliphatic rings. The van der Waals surface area contributed by atoms with Crippen LogP contribution in [0.1, 0.15) is 0 Å². The number of rotatable bonds is 7. The highest BCUT2D eigenvalue weighted by Gasteiger charge is 2.17. The van der Waals surface area contributed by atoms with Crippen molar-refractivity contribution in [1.82, 2.24) is 4.57 Å². The summed E-state index contributed by atoms with van der Waals surface area (Å²) in [6.45, 7) is 0. The highest BCUT2D eigenvalue weighted by molar-refractivity contribution is 6.10. The van der Waals surface area contributed by atoms with Crippen molar-refractivity contribution < 1.29 is 8.81 Å². The standard InChI is InChI=1S/C54H35FN2O/c55-41-26-33-48-47-14-4-6-18-51(47)57(52(48)35-41)45-13-8-12-40(34-45)38-22-29-43(30-23-38)56(42-27-20-37(21-28-42)36-10-2-1-3-11-36)44-31-24-39(25-32-44)46-16-9-17-50-49-15-5-7-19-53(49)58-54(46)50/h1-35H. The van der Waals surface area contributed by atoms with Gasteiger partial charge in [-0.1, -0.05) is 133 Å². The van der Waals surface area contributed by atoms with Crippen molar-refractivity contribution in [1.29, 1.82) is 0 Å². The fraction of sp³-hybridized carbons (Fsp3) is 0. The molecule has 0 unspecified atom stereocenters. The maximum absolute atomic E-state index is 14.6. The van der Waals surface area contributed by atoms with E-state index in [4.69, 9.17) is 4.42 Å². The largest absolute Gasteiger partial charge is 0.455 e. The molecule has 0 aliphatic carbocycles. The number of benzene rings is 9. The highest BCUT2D eigenvalue weighted by atomic mass is 19.1. The number of nitrogens with zero attached hydrogens (tertiary/aromatic N) is 2. The second-order valence-corrected chi connectivity index (χ2v) is 14.7. The summed E-state index contributed by atoms with van der Waals surface area (Å²) in [7, 11) is 0. The quantitative estimate of drug-likeness (QED) is 0.162. The zero-order valence-corrected chi connectivity index (χ0v) is 31.4. The Kier molecular flexibility index (Phi) is 8.00. The van der Waals surface area contributed by atoms with Crippen molar-refractivity contribution in [2.24, 2.45) is 0 Å². The number of fused-ring (bicyclic) bond motifs is 6. The lowest BCUT2D eigenvalue weighted by atomic mass is 10.0. The van der Waals surface area contributed by atoms with E-state index in [-0.39, 0.29) is 5.82 Å². The number of para-hydroxylation sites is 3. The van der Waals surface area contributed by atoms with Gasteiger partial charge in [0.2, 0.25) is 0 Å². The van der Waals surface area contributed by atoms with Gasteiger partial charge in [-0.3, -0.25) is 0 Å². The zero-order chi connectivity index (χ0) is 38.6. The van der Waals surface area contributed by atoms with Crippen molar-refractivity contribution >= 4 is 60.8 Å². The van der Waals surface area contributed by atoms with Crippen molar-refractivity contribution in [2.45, 2.75) is 0 Å². The molecule has 11 rings (SSSR count). The van der Waals surface area contributed by atoms with E-state index in [0.29, 0.717) is 0 Å². The molecule has 58 heavy (non-hydrogen) atoms. The van der Waals surface area contributed by atoms with Crippen LogP contribution in [0.15, 0.2) is 217 Å². The van der Waals surface area contributed by atoms with Gasteiger partial charge in [-0.25, -0.2) is 4.39 Å². The lowest BCUT2D eigenvalue weighted by molar-refractivity contribution is 0.629. The summed E-state index contributed by atoms with van der Waals surface area (Å²) >= 11 is 0. The summed E-state index contributed by atoms with van der Waals surface area (Å²) in [6, 6.07) is 73.1. The van der Waals surface area contributed by atoms with Gasteiger partial charge in [0.15, 0.2) is 0 Å². The third kappa shape index (κ3) is 5.74. The van der Waals surface area contributed by atoms with Crippen LogP contribution in [0.3, 0.4) is 0 Å². The SMILES string of the molecule is Fc1ccc2c3ccccc3n(-c3cccc(-c4ccc(N(c5ccc(-c6ccccc6)cc5)c5ccc(-c6cccc7c6oc6ccccc67)cc5)cc4)c3)c2c1. The van der Waals surface area contributed by atoms with E-state index in [1.54, 1.807) is 6.07 Å². The predicted molar refractivity (Wildman–Crippen MR) is 239 cm³/mol. The number of furan rings is 1. The van der Waals surface area contributed by atoms with Crippen LogP contribution in [0.2, 0.25) is 0 Å². The second-order valence-electron chi connectivity index (χ2n) is 14.7. The first-order chi connectivity index (χ1) is 28.7.